The Balaban J connectivity index is 1.80. The van der Waals surface area contributed by atoms with Gasteiger partial charge in [-0.1, -0.05) is 12.1 Å². The molecule has 1 N–H and O–H groups in total. The Hall–Kier alpha value is -3.22. The van der Waals surface area contributed by atoms with Crippen molar-refractivity contribution in [3.8, 4) is 11.5 Å². The lowest BCUT2D eigenvalue weighted by molar-refractivity contribution is -0.0514. The molecule has 134 valence electrons. The molecule has 3 aromatic rings. The Labute approximate surface area is 148 Å². The maximum absolute atomic E-state index is 12.4. The third-order valence-electron chi connectivity index (χ3n) is 3.64. The molecule has 7 heteroatoms. The number of nitrogens with zero attached hydrogens (tertiary/aromatic N) is 1. The molecule has 0 atom stereocenters. The maximum atomic E-state index is 12.4. The van der Waals surface area contributed by atoms with Crippen molar-refractivity contribution in [1.29, 1.82) is 0 Å². The first kappa shape index (κ1) is 17.6. The number of nitrogens with one attached hydrogen (secondary N) is 1. The highest BCUT2D eigenvalue weighted by Crippen LogP contribution is 2.30. The van der Waals surface area contributed by atoms with Crippen LogP contribution in [0.3, 0.4) is 0 Å². The number of fused-ring (bicyclic) bond motifs is 1. The first-order valence-electron chi connectivity index (χ1n) is 7.94. The van der Waals surface area contributed by atoms with Crippen molar-refractivity contribution in [2.45, 2.75) is 13.5 Å². The number of halogens is 2. The summed E-state index contributed by atoms with van der Waals surface area (Å²) >= 11 is 0. The molecule has 1 heterocycles. The van der Waals surface area contributed by atoms with Crippen LogP contribution in [0.4, 0.5) is 8.78 Å². The van der Waals surface area contributed by atoms with Gasteiger partial charge < -0.3 is 9.47 Å². The molecular weight excluding hydrogens is 342 g/mol. The average molecular weight is 358 g/mol. The van der Waals surface area contributed by atoms with E-state index < -0.39 is 6.61 Å². The Kier molecular flexibility index (Phi) is 5.26. The molecule has 0 amide bonds. The second-order valence-corrected chi connectivity index (χ2v) is 5.39. The Morgan fingerprint density at radius 3 is 2.85 bits per heavy atom. The lowest BCUT2D eigenvalue weighted by atomic mass is 10.1. The van der Waals surface area contributed by atoms with E-state index in [1.54, 1.807) is 49.5 Å². The van der Waals surface area contributed by atoms with E-state index >= 15 is 0 Å². The number of ketones is 1. The summed E-state index contributed by atoms with van der Waals surface area (Å²) in [5.41, 5.74) is 2.01. The van der Waals surface area contributed by atoms with E-state index in [0.29, 0.717) is 17.7 Å². The van der Waals surface area contributed by atoms with Gasteiger partial charge in [-0.3, -0.25) is 9.89 Å². The van der Waals surface area contributed by atoms with E-state index in [4.69, 9.17) is 4.74 Å². The average Bonchev–Trinajstić information content (AvgIpc) is 3.09. The zero-order valence-corrected chi connectivity index (χ0v) is 13.9. The van der Waals surface area contributed by atoms with Crippen LogP contribution in [-0.4, -0.2) is 29.2 Å². The van der Waals surface area contributed by atoms with Gasteiger partial charge in [0.2, 0.25) is 0 Å². The fraction of sp³-hybridized carbons (Fsp3) is 0.158. The van der Waals surface area contributed by atoms with Gasteiger partial charge in [-0.2, -0.15) is 13.9 Å². The molecule has 0 aliphatic carbocycles. The minimum absolute atomic E-state index is 0.0456. The molecule has 2 aromatic carbocycles. The number of aromatic nitrogens is 2. The number of alkyl halides is 2. The predicted octanol–water partition coefficient (Wildman–Crippen LogP) is 4.46. The summed E-state index contributed by atoms with van der Waals surface area (Å²) in [4.78, 5) is 12.3. The van der Waals surface area contributed by atoms with Gasteiger partial charge in [0.1, 0.15) is 0 Å². The molecule has 0 spiro atoms. The summed E-state index contributed by atoms with van der Waals surface area (Å²) in [6, 6.07) is 9.74. The lowest BCUT2D eigenvalue weighted by Crippen LogP contribution is -2.04. The predicted molar refractivity (Wildman–Crippen MR) is 93.7 cm³/mol. The highest BCUT2D eigenvalue weighted by atomic mass is 19.3. The number of H-pyrrole nitrogens is 1. The molecular formula is C19H16F2N2O3. The van der Waals surface area contributed by atoms with Crippen molar-refractivity contribution in [2.24, 2.45) is 0 Å². The molecule has 5 nitrogen and oxygen atoms in total. The lowest BCUT2D eigenvalue weighted by Gasteiger charge is -2.11. The number of ether oxygens (including phenoxy) is 2. The maximum Gasteiger partial charge on any atom is 0.387 e. The van der Waals surface area contributed by atoms with Crippen LogP contribution in [0.5, 0.6) is 11.5 Å². The van der Waals surface area contributed by atoms with Gasteiger partial charge in [-0.25, -0.2) is 0 Å². The minimum atomic E-state index is -2.94. The molecule has 26 heavy (non-hydrogen) atoms. The molecule has 0 bridgehead atoms. The molecule has 0 unspecified atom stereocenters. The van der Waals surface area contributed by atoms with E-state index in [1.165, 1.54) is 12.1 Å². The topological polar surface area (TPSA) is 64.2 Å². The van der Waals surface area contributed by atoms with Crippen molar-refractivity contribution in [1.82, 2.24) is 10.2 Å². The van der Waals surface area contributed by atoms with E-state index in [0.717, 1.165) is 10.9 Å². The molecule has 0 saturated carbocycles. The third kappa shape index (κ3) is 4.05. The van der Waals surface area contributed by atoms with Crippen LogP contribution in [0.1, 0.15) is 22.8 Å². The summed E-state index contributed by atoms with van der Waals surface area (Å²) < 4.78 is 34.6. The Morgan fingerprint density at radius 2 is 2.08 bits per heavy atom. The highest BCUT2D eigenvalue weighted by Gasteiger charge is 2.11. The van der Waals surface area contributed by atoms with Gasteiger partial charge >= 0.3 is 6.61 Å². The van der Waals surface area contributed by atoms with Gasteiger partial charge in [-0.15, -0.1) is 0 Å². The number of hydrogen-bond acceptors (Lipinski definition) is 4. The number of carbonyl (C=O) groups is 1. The summed E-state index contributed by atoms with van der Waals surface area (Å²) in [6.07, 6.45) is 4.66. The molecule has 0 radical (unpaired) electrons. The van der Waals surface area contributed by atoms with Crippen LogP contribution in [0, 0.1) is 0 Å². The third-order valence-corrected chi connectivity index (χ3v) is 3.64. The van der Waals surface area contributed by atoms with Crippen molar-refractivity contribution in [3.63, 3.8) is 0 Å². The monoisotopic (exact) mass is 358 g/mol. The van der Waals surface area contributed by atoms with Crippen molar-refractivity contribution in [2.75, 3.05) is 6.61 Å². The van der Waals surface area contributed by atoms with Crippen LogP contribution in [-0.2, 0) is 0 Å². The van der Waals surface area contributed by atoms with Gasteiger partial charge in [0.15, 0.2) is 17.3 Å². The van der Waals surface area contributed by atoms with Crippen LogP contribution < -0.4 is 9.47 Å². The second kappa shape index (κ2) is 7.77. The van der Waals surface area contributed by atoms with Gasteiger partial charge in [0, 0.05) is 10.9 Å². The number of aromatic amines is 1. The van der Waals surface area contributed by atoms with Crippen LogP contribution >= 0.6 is 0 Å². The summed E-state index contributed by atoms with van der Waals surface area (Å²) in [6.45, 7) is -0.893. The fourth-order valence-electron chi connectivity index (χ4n) is 2.45. The van der Waals surface area contributed by atoms with Crippen LogP contribution in [0.25, 0.3) is 17.0 Å². The van der Waals surface area contributed by atoms with Crippen molar-refractivity contribution < 1.29 is 23.0 Å². The largest absolute Gasteiger partial charge is 0.490 e. The van der Waals surface area contributed by atoms with Gasteiger partial charge in [0.25, 0.3) is 0 Å². The van der Waals surface area contributed by atoms with E-state index in [9.17, 15) is 13.6 Å². The van der Waals surface area contributed by atoms with Crippen molar-refractivity contribution >= 4 is 22.8 Å². The summed E-state index contributed by atoms with van der Waals surface area (Å²) in [5.74, 6) is -0.0306. The quantitative estimate of drug-likeness (QED) is 0.500. The van der Waals surface area contributed by atoms with E-state index in [-0.39, 0.29) is 17.3 Å². The van der Waals surface area contributed by atoms with Crippen LogP contribution in [0.2, 0.25) is 0 Å². The molecule has 0 aliphatic heterocycles. The fourth-order valence-corrected chi connectivity index (χ4v) is 2.45. The van der Waals surface area contributed by atoms with Gasteiger partial charge in [0.05, 0.1) is 18.3 Å². The van der Waals surface area contributed by atoms with Crippen LogP contribution in [0.15, 0.2) is 48.7 Å². The van der Waals surface area contributed by atoms with Crippen molar-refractivity contribution in [3.05, 3.63) is 59.8 Å². The number of hydrogen-bond donors (Lipinski definition) is 1. The summed E-state index contributed by atoms with van der Waals surface area (Å²) in [7, 11) is 0. The molecule has 0 aliphatic rings. The summed E-state index contributed by atoms with van der Waals surface area (Å²) in [5, 5.41) is 7.58. The normalized spacial score (nSPS) is 11.4. The first-order chi connectivity index (χ1) is 12.6. The Bertz CT molecular complexity index is 951. The van der Waals surface area contributed by atoms with E-state index in [2.05, 4.69) is 14.9 Å². The first-order valence-corrected chi connectivity index (χ1v) is 7.94. The highest BCUT2D eigenvalue weighted by molar-refractivity contribution is 6.08. The standard InChI is InChI=1S/C19H16F2N2O3/c1-2-25-18-9-12(4-8-17(18)26-19(20)21)3-7-16(24)13-5-6-15-14(10-13)11-22-23-15/h3-11,19H,2H2,1H3,(H,22,23)/b7-3+. The second-order valence-electron chi connectivity index (χ2n) is 5.39. The molecule has 3 rings (SSSR count). The minimum Gasteiger partial charge on any atom is -0.490 e. The molecule has 0 fully saturated rings. The SMILES string of the molecule is CCOc1cc(/C=C/C(=O)c2ccc3[nH]ncc3c2)ccc1OC(F)F. The number of allylic oxidation sites excluding steroid dienone is 1. The van der Waals surface area contributed by atoms with E-state index in [1.807, 2.05) is 0 Å². The zero-order chi connectivity index (χ0) is 18.5. The zero-order valence-electron chi connectivity index (χ0n) is 13.9. The number of rotatable bonds is 7. The molecule has 1 aromatic heterocycles. The number of benzene rings is 2. The Morgan fingerprint density at radius 1 is 1.23 bits per heavy atom. The molecule has 0 saturated heterocycles. The number of carbonyl (C=O) groups excluding carboxylic acids is 1. The smallest absolute Gasteiger partial charge is 0.387 e. The van der Waals surface area contributed by atoms with Gasteiger partial charge in [-0.05, 0) is 48.9 Å².